The first-order valence-corrected chi connectivity index (χ1v) is 9.93. The maximum atomic E-state index is 12.6. The van der Waals surface area contributed by atoms with Crippen LogP contribution in [-0.2, 0) is 0 Å². The summed E-state index contributed by atoms with van der Waals surface area (Å²) in [5.41, 5.74) is 2.76. The number of hydrogen-bond donors (Lipinski definition) is 3. The van der Waals surface area contributed by atoms with E-state index in [0.717, 1.165) is 42.7 Å². The van der Waals surface area contributed by atoms with Crippen molar-refractivity contribution in [2.75, 3.05) is 18.0 Å². The van der Waals surface area contributed by atoms with Crippen LogP contribution >= 0.6 is 11.6 Å². The van der Waals surface area contributed by atoms with Gasteiger partial charge in [0.25, 0.3) is 5.91 Å². The molecule has 0 radical (unpaired) electrons. The average Bonchev–Trinajstić information content (AvgIpc) is 3.25. The van der Waals surface area contributed by atoms with Crippen LogP contribution in [0.3, 0.4) is 0 Å². The zero-order valence-corrected chi connectivity index (χ0v) is 15.7. The molecular weight excluding hydrogens is 362 g/mol. The predicted octanol–water partition coefficient (Wildman–Crippen LogP) is 3.82. The van der Waals surface area contributed by atoms with Gasteiger partial charge in [-0.2, -0.15) is 5.10 Å². The quantitative estimate of drug-likeness (QED) is 0.641. The standard InChI is InChI=1S/C20H22ClN5O/c21-14-3-4-16-13(9-14)10-18(23-16)20(27)22-15-5-7-26(8-6-15)19-11-17(24-25-19)12-1-2-12/h3-4,9-12,15,23H,1-2,5-8H2,(H,22,27)(H,24,25). The maximum Gasteiger partial charge on any atom is 0.267 e. The molecule has 27 heavy (non-hydrogen) atoms. The highest BCUT2D eigenvalue weighted by Crippen LogP contribution is 2.40. The van der Waals surface area contributed by atoms with Gasteiger partial charge in [0.1, 0.15) is 5.69 Å². The molecule has 1 aromatic carbocycles. The van der Waals surface area contributed by atoms with E-state index in [4.69, 9.17) is 11.6 Å². The molecular formula is C20H22ClN5O. The second-order valence-electron chi connectivity index (χ2n) is 7.61. The van der Waals surface area contributed by atoms with E-state index in [-0.39, 0.29) is 11.9 Å². The number of amides is 1. The molecule has 2 aromatic heterocycles. The van der Waals surface area contributed by atoms with Crippen molar-refractivity contribution in [1.82, 2.24) is 20.5 Å². The van der Waals surface area contributed by atoms with E-state index in [1.165, 1.54) is 18.5 Å². The van der Waals surface area contributed by atoms with Crippen LogP contribution in [0.2, 0.25) is 5.02 Å². The van der Waals surface area contributed by atoms with E-state index >= 15 is 0 Å². The number of carbonyl (C=O) groups excluding carboxylic acids is 1. The zero-order valence-electron chi connectivity index (χ0n) is 15.0. The number of nitrogens with one attached hydrogen (secondary N) is 3. The highest BCUT2D eigenvalue weighted by atomic mass is 35.5. The van der Waals surface area contributed by atoms with Crippen LogP contribution in [0.25, 0.3) is 10.9 Å². The minimum atomic E-state index is -0.0587. The molecule has 1 aliphatic carbocycles. The van der Waals surface area contributed by atoms with Crippen LogP contribution in [0.4, 0.5) is 5.82 Å². The Morgan fingerprint density at radius 2 is 1.96 bits per heavy atom. The first-order chi connectivity index (χ1) is 13.2. The van der Waals surface area contributed by atoms with Crippen molar-refractivity contribution in [3.8, 4) is 0 Å². The summed E-state index contributed by atoms with van der Waals surface area (Å²) >= 11 is 6.02. The van der Waals surface area contributed by atoms with Gasteiger partial charge in [-0.3, -0.25) is 9.89 Å². The fraction of sp³-hybridized carbons (Fsp3) is 0.400. The lowest BCUT2D eigenvalue weighted by Crippen LogP contribution is -2.44. The van der Waals surface area contributed by atoms with Gasteiger partial charge in [0.15, 0.2) is 5.82 Å². The van der Waals surface area contributed by atoms with Crippen molar-refractivity contribution in [1.29, 1.82) is 0 Å². The molecule has 0 bridgehead atoms. The van der Waals surface area contributed by atoms with Crippen LogP contribution in [0.15, 0.2) is 30.3 Å². The fourth-order valence-electron chi connectivity index (χ4n) is 3.83. The van der Waals surface area contributed by atoms with Crippen LogP contribution in [0.5, 0.6) is 0 Å². The number of benzene rings is 1. The molecule has 2 aliphatic rings. The lowest BCUT2D eigenvalue weighted by atomic mass is 10.0. The van der Waals surface area contributed by atoms with E-state index in [0.29, 0.717) is 16.6 Å². The molecule has 1 saturated heterocycles. The van der Waals surface area contributed by atoms with Gasteiger partial charge in [-0.05, 0) is 49.9 Å². The van der Waals surface area contributed by atoms with Gasteiger partial charge in [0.2, 0.25) is 0 Å². The third-order valence-electron chi connectivity index (χ3n) is 5.58. The summed E-state index contributed by atoms with van der Waals surface area (Å²) in [4.78, 5) is 18.1. The Hall–Kier alpha value is -2.47. The molecule has 3 aromatic rings. The Morgan fingerprint density at radius 1 is 1.15 bits per heavy atom. The molecule has 2 fully saturated rings. The van der Waals surface area contributed by atoms with Crippen molar-refractivity contribution in [3.63, 3.8) is 0 Å². The summed E-state index contributed by atoms with van der Waals surface area (Å²) in [5, 5.41) is 12.4. The largest absolute Gasteiger partial charge is 0.355 e. The lowest BCUT2D eigenvalue weighted by molar-refractivity contribution is 0.0927. The second-order valence-corrected chi connectivity index (χ2v) is 8.04. The predicted molar refractivity (Wildman–Crippen MR) is 107 cm³/mol. The van der Waals surface area contributed by atoms with Crippen molar-refractivity contribution >= 4 is 34.2 Å². The number of carbonyl (C=O) groups is 1. The summed E-state index contributed by atoms with van der Waals surface area (Å²) in [6, 6.07) is 9.81. The maximum absolute atomic E-state index is 12.6. The second kappa shape index (κ2) is 6.60. The van der Waals surface area contributed by atoms with E-state index in [2.05, 4.69) is 31.5 Å². The number of fused-ring (bicyclic) bond motifs is 1. The number of hydrogen-bond acceptors (Lipinski definition) is 3. The van der Waals surface area contributed by atoms with E-state index in [1.54, 1.807) is 0 Å². The highest BCUT2D eigenvalue weighted by Gasteiger charge is 2.28. The highest BCUT2D eigenvalue weighted by molar-refractivity contribution is 6.31. The van der Waals surface area contributed by atoms with Crippen molar-refractivity contribution in [3.05, 3.63) is 46.7 Å². The SMILES string of the molecule is O=C(NC1CCN(c2cc(C3CC3)[nH]n2)CC1)c1cc2cc(Cl)ccc2[nH]1. The van der Waals surface area contributed by atoms with Gasteiger partial charge < -0.3 is 15.2 Å². The number of aromatic amines is 2. The third-order valence-corrected chi connectivity index (χ3v) is 5.82. The monoisotopic (exact) mass is 383 g/mol. The van der Waals surface area contributed by atoms with Gasteiger partial charge in [-0.25, -0.2) is 0 Å². The van der Waals surface area contributed by atoms with Gasteiger partial charge in [-0.15, -0.1) is 0 Å². The van der Waals surface area contributed by atoms with Gasteiger partial charge in [0, 0.05) is 52.7 Å². The molecule has 7 heteroatoms. The number of rotatable bonds is 4. The first kappa shape index (κ1) is 16.7. The smallest absolute Gasteiger partial charge is 0.267 e. The Morgan fingerprint density at radius 3 is 2.74 bits per heavy atom. The zero-order chi connectivity index (χ0) is 18.4. The van der Waals surface area contributed by atoms with Crippen molar-refractivity contribution in [2.24, 2.45) is 0 Å². The number of anilines is 1. The van der Waals surface area contributed by atoms with Crippen LogP contribution in [-0.4, -0.2) is 40.2 Å². The number of piperidine rings is 1. The summed E-state index contributed by atoms with van der Waals surface area (Å²) < 4.78 is 0. The van der Waals surface area contributed by atoms with Crippen LogP contribution in [0, 0.1) is 0 Å². The fourth-order valence-corrected chi connectivity index (χ4v) is 4.01. The summed E-state index contributed by atoms with van der Waals surface area (Å²) in [6.45, 7) is 1.81. The molecule has 0 spiro atoms. The molecule has 0 unspecified atom stereocenters. The van der Waals surface area contributed by atoms with E-state index < -0.39 is 0 Å². The van der Waals surface area contributed by atoms with Crippen molar-refractivity contribution < 1.29 is 4.79 Å². The Balaban J connectivity index is 1.19. The van der Waals surface area contributed by atoms with Gasteiger partial charge >= 0.3 is 0 Å². The molecule has 140 valence electrons. The minimum Gasteiger partial charge on any atom is -0.355 e. The third kappa shape index (κ3) is 3.41. The number of H-pyrrole nitrogens is 2. The molecule has 1 aliphatic heterocycles. The van der Waals surface area contributed by atoms with Crippen LogP contribution in [0.1, 0.15) is 47.8 Å². The van der Waals surface area contributed by atoms with Gasteiger partial charge in [0.05, 0.1) is 0 Å². The topological polar surface area (TPSA) is 76.8 Å². The lowest BCUT2D eigenvalue weighted by Gasteiger charge is -2.32. The van der Waals surface area contributed by atoms with Crippen LogP contribution < -0.4 is 10.2 Å². The average molecular weight is 384 g/mol. The molecule has 3 N–H and O–H groups in total. The van der Waals surface area contributed by atoms with Crippen molar-refractivity contribution in [2.45, 2.75) is 37.6 Å². The Bertz CT molecular complexity index is 981. The molecule has 0 atom stereocenters. The molecule has 6 nitrogen and oxygen atoms in total. The molecule has 3 heterocycles. The molecule has 1 amide bonds. The number of nitrogens with zero attached hydrogens (tertiary/aromatic N) is 2. The first-order valence-electron chi connectivity index (χ1n) is 9.55. The van der Waals surface area contributed by atoms with Gasteiger partial charge in [-0.1, -0.05) is 11.6 Å². The number of aromatic nitrogens is 3. The normalized spacial score (nSPS) is 18.2. The minimum absolute atomic E-state index is 0.0587. The van der Waals surface area contributed by atoms with E-state index in [9.17, 15) is 4.79 Å². The number of halogens is 1. The summed E-state index contributed by atoms with van der Waals surface area (Å²) in [6.07, 6.45) is 4.39. The summed E-state index contributed by atoms with van der Waals surface area (Å²) in [7, 11) is 0. The Kier molecular flexibility index (Phi) is 4.08. The Labute approximate surface area is 162 Å². The van der Waals surface area contributed by atoms with E-state index in [1.807, 2.05) is 24.3 Å². The molecule has 5 rings (SSSR count). The summed E-state index contributed by atoms with van der Waals surface area (Å²) in [5.74, 6) is 1.67. The molecule has 1 saturated carbocycles.